The van der Waals surface area contributed by atoms with Crippen molar-refractivity contribution < 1.29 is 0 Å². The van der Waals surface area contributed by atoms with Crippen LogP contribution in [0.1, 0.15) is 11.4 Å². The van der Waals surface area contributed by atoms with Crippen molar-refractivity contribution in [2.24, 2.45) is 0 Å². The minimum Gasteiger partial charge on any atom is -0.255 e. The average molecular weight is 436 g/mol. The van der Waals surface area contributed by atoms with E-state index >= 15 is 0 Å². The Morgan fingerprint density at radius 2 is 1.83 bits per heavy atom. The molecule has 1 aromatic carbocycles. The van der Waals surface area contributed by atoms with Crippen LogP contribution < -0.4 is 0 Å². The highest BCUT2D eigenvalue weighted by Gasteiger charge is 2.17. The van der Waals surface area contributed by atoms with Crippen molar-refractivity contribution in [3.05, 3.63) is 50.3 Å². The van der Waals surface area contributed by atoms with Crippen molar-refractivity contribution >= 4 is 51.0 Å². The van der Waals surface area contributed by atoms with E-state index < -0.39 is 0 Å². The maximum atomic E-state index is 6.39. The van der Waals surface area contributed by atoms with Gasteiger partial charge in [0, 0.05) is 14.8 Å². The Balaban J connectivity index is 2.18. The number of aromatic nitrogens is 5. The molecule has 114 valence electrons. The summed E-state index contributed by atoms with van der Waals surface area (Å²) < 4.78 is 3.01. The van der Waals surface area contributed by atoms with Gasteiger partial charge in [-0.2, -0.15) is 0 Å². The zero-order valence-electron chi connectivity index (χ0n) is 12.4. The van der Waals surface area contributed by atoms with Gasteiger partial charge in [0.15, 0.2) is 17.1 Å². The Hall–Kier alpha value is -1.80. The molecule has 7 heteroatoms. The average Bonchev–Trinajstić information content (AvgIpc) is 2.96. The summed E-state index contributed by atoms with van der Waals surface area (Å²) >= 11 is 8.65. The summed E-state index contributed by atoms with van der Waals surface area (Å²) in [5.74, 6) is 0.678. The third kappa shape index (κ3) is 2.36. The second kappa shape index (κ2) is 5.38. The minimum absolute atomic E-state index is 0.634. The molecule has 4 aromatic rings. The van der Waals surface area contributed by atoms with Crippen LogP contribution in [0.25, 0.3) is 28.2 Å². The SMILES string of the molecule is Cc1ccc2nc(C)c3nnc(-c4cc(I)ccc4Cl)n3c2n1. The van der Waals surface area contributed by atoms with E-state index in [0.717, 1.165) is 31.7 Å². The lowest BCUT2D eigenvalue weighted by molar-refractivity contribution is 1.09. The molecule has 0 spiro atoms. The molecule has 0 aliphatic rings. The van der Waals surface area contributed by atoms with E-state index in [-0.39, 0.29) is 0 Å². The molecule has 0 bridgehead atoms. The lowest BCUT2D eigenvalue weighted by Gasteiger charge is -2.08. The molecular formula is C16H11ClIN5. The van der Waals surface area contributed by atoms with Crippen LogP contribution in [-0.2, 0) is 0 Å². The number of pyridine rings is 1. The van der Waals surface area contributed by atoms with Crippen LogP contribution in [0.5, 0.6) is 0 Å². The highest BCUT2D eigenvalue weighted by molar-refractivity contribution is 14.1. The van der Waals surface area contributed by atoms with E-state index in [1.807, 2.05) is 48.6 Å². The quantitative estimate of drug-likeness (QED) is 0.420. The molecule has 4 rings (SSSR count). The molecule has 0 N–H and O–H groups in total. The second-order valence-electron chi connectivity index (χ2n) is 5.30. The van der Waals surface area contributed by atoms with Gasteiger partial charge in [0.25, 0.3) is 0 Å². The van der Waals surface area contributed by atoms with Crippen molar-refractivity contribution in [3.63, 3.8) is 0 Å². The predicted octanol–water partition coefficient (Wildman–Crippen LogP) is 4.21. The summed E-state index contributed by atoms with van der Waals surface area (Å²) in [6, 6.07) is 9.74. The molecule has 3 aromatic heterocycles. The Morgan fingerprint density at radius 1 is 1.00 bits per heavy atom. The number of hydrogen-bond acceptors (Lipinski definition) is 4. The number of hydrogen-bond donors (Lipinski definition) is 0. The summed E-state index contributed by atoms with van der Waals surface area (Å²) in [7, 11) is 0. The smallest absolute Gasteiger partial charge is 0.184 e. The molecule has 0 unspecified atom stereocenters. The fraction of sp³-hybridized carbons (Fsp3) is 0.125. The first-order chi connectivity index (χ1) is 11.0. The summed E-state index contributed by atoms with van der Waals surface area (Å²) in [5, 5.41) is 9.28. The van der Waals surface area contributed by atoms with Gasteiger partial charge in [0.1, 0.15) is 5.52 Å². The fourth-order valence-corrected chi connectivity index (χ4v) is 3.27. The highest BCUT2D eigenvalue weighted by atomic mass is 127. The standard InChI is InChI=1S/C16H11ClIN5/c1-8-3-6-13-16(19-8)23-14(9(2)20-13)21-22-15(23)11-7-10(18)4-5-12(11)17/h3-7H,1-2H3. The largest absolute Gasteiger partial charge is 0.255 e. The molecule has 23 heavy (non-hydrogen) atoms. The van der Waals surface area contributed by atoms with Gasteiger partial charge in [0.2, 0.25) is 0 Å². The zero-order chi connectivity index (χ0) is 16.1. The third-order valence-electron chi connectivity index (χ3n) is 3.65. The van der Waals surface area contributed by atoms with Gasteiger partial charge in [-0.15, -0.1) is 10.2 Å². The number of benzene rings is 1. The van der Waals surface area contributed by atoms with E-state index in [4.69, 9.17) is 11.6 Å². The van der Waals surface area contributed by atoms with Crippen LogP contribution in [-0.4, -0.2) is 24.6 Å². The Kier molecular flexibility index (Phi) is 3.46. The van der Waals surface area contributed by atoms with E-state index in [1.165, 1.54) is 0 Å². The van der Waals surface area contributed by atoms with Crippen LogP contribution in [0, 0.1) is 17.4 Å². The number of nitrogens with zero attached hydrogens (tertiary/aromatic N) is 5. The molecule has 0 saturated carbocycles. The van der Waals surface area contributed by atoms with E-state index in [9.17, 15) is 0 Å². The topological polar surface area (TPSA) is 56.0 Å². The van der Waals surface area contributed by atoms with Gasteiger partial charge in [-0.1, -0.05) is 11.6 Å². The first kappa shape index (κ1) is 14.8. The maximum absolute atomic E-state index is 6.39. The van der Waals surface area contributed by atoms with Crippen LogP contribution in [0.15, 0.2) is 30.3 Å². The Bertz CT molecular complexity index is 1070. The van der Waals surface area contributed by atoms with Gasteiger partial charge >= 0.3 is 0 Å². The van der Waals surface area contributed by atoms with Crippen molar-refractivity contribution in [2.75, 3.05) is 0 Å². The lowest BCUT2D eigenvalue weighted by Crippen LogP contribution is -2.00. The minimum atomic E-state index is 0.634. The van der Waals surface area contributed by atoms with Gasteiger partial charge in [-0.25, -0.2) is 9.97 Å². The first-order valence-electron chi connectivity index (χ1n) is 6.99. The van der Waals surface area contributed by atoms with Crippen molar-refractivity contribution in [3.8, 4) is 11.4 Å². The second-order valence-corrected chi connectivity index (χ2v) is 6.95. The summed E-state index contributed by atoms with van der Waals surface area (Å²) in [4.78, 5) is 9.20. The number of halogens is 2. The van der Waals surface area contributed by atoms with Gasteiger partial charge < -0.3 is 0 Å². The lowest BCUT2D eigenvalue weighted by atomic mass is 10.2. The molecule has 0 saturated heterocycles. The van der Waals surface area contributed by atoms with Crippen molar-refractivity contribution in [2.45, 2.75) is 13.8 Å². The van der Waals surface area contributed by atoms with Crippen LogP contribution in [0.3, 0.4) is 0 Å². The molecule has 3 heterocycles. The highest BCUT2D eigenvalue weighted by Crippen LogP contribution is 2.30. The molecule has 0 aliphatic carbocycles. The molecule has 0 atom stereocenters. The fourth-order valence-electron chi connectivity index (χ4n) is 2.58. The molecular weight excluding hydrogens is 425 g/mol. The van der Waals surface area contributed by atoms with E-state index in [2.05, 4.69) is 42.8 Å². The normalized spacial score (nSPS) is 11.5. The van der Waals surface area contributed by atoms with E-state index in [1.54, 1.807) is 0 Å². The zero-order valence-corrected chi connectivity index (χ0v) is 15.3. The Morgan fingerprint density at radius 3 is 2.65 bits per heavy atom. The maximum Gasteiger partial charge on any atom is 0.184 e. The Labute approximate surface area is 150 Å². The summed E-state index contributed by atoms with van der Waals surface area (Å²) in [6.45, 7) is 3.87. The predicted molar refractivity (Wildman–Crippen MR) is 98.7 cm³/mol. The van der Waals surface area contributed by atoms with Gasteiger partial charge in [0.05, 0.1) is 10.7 Å². The summed E-state index contributed by atoms with van der Waals surface area (Å²) in [5.41, 5.74) is 4.80. The monoisotopic (exact) mass is 435 g/mol. The van der Waals surface area contributed by atoms with Crippen LogP contribution >= 0.6 is 34.2 Å². The molecule has 0 radical (unpaired) electrons. The van der Waals surface area contributed by atoms with Gasteiger partial charge in [-0.3, -0.25) is 4.40 Å². The number of rotatable bonds is 1. The summed E-state index contributed by atoms with van der Waals surface area (Å²) in [6.07, 6.45) is 0. The third-order valence-corrected chi connectivity index (χ3v) is 4.65. The van der Waals surface area contributed by atoms with E-state index in [0.29, 0.717) is 16.5 Å². The first-order valence-corrected chi connectivity index (χ1v) is 8.45. The van der Waals surface area contributed by atoms with Gasteiger partial charge in [-0.05, 0) is 66.8 Å². The van der Waals surface area contributed by atoms with Crippen LogP contribution in [0.4, 0.5) is 0 Å². The van der Waals surface area contributed by atoms with Crippen LogP contribution in [0.2, 0.25) is 5.02 Å². The molecule has 5 nitrogen and oxygen atoms in total. The van der Waals surface area contributed by atoms with Crippen molar-refractivity contribution in [1.29, 1.82) is 0 Å². The molecule has 0 fully saturated rings. The molecule has 0 amide bonds. The number of fused-ring (bicyclic) bond motifs is 3. The van der Waals surface area contributed by atoms with Crippen molar-refractivity contribution in [1.82, 2.24) is 24.6 Å². The number of aryl methyl sites for hydroxylation is 2. The molecule has 0 aliphatic heterocycles.